The number of hydrogen-bond donors (Lipinski definition) is 1. The molecule has 1 aromatic carbocycles. The van der Waals surface area contributed by atoms with Crippen LogP contribution in [-0.2, 0) is 14.9 Å². The Labute approximate surface area is 121 Å². The van der Waals surface area contributed by atoms with Crippen molar-refractivity contribution in [3.63, 3.8) is 0 Å². The van der Waals surface area contributed by atoms with Gasteiger partial charge in [-0.2, -0.15) is 0 Å². The molecule has 0 spiro atoms. The summed E-state index contributed by atoms with van der Waals surface area (Å²) >= 11 is 0. The van der Waals surface area contributed by atoms with Crippen molar-refractivity contribution in [3.8, 4) is 0 Å². The summed E-state index contributed by atoms with van der Waals surface area (Å²) < 4.78 is 4.91. The molecule has 2 rings (SSSR count). The summed E-state index contributed by atoms with van der Waals surface area (Å²) in [5, 5.41) is 0. The van der Waals surface area contributed by atoms with Crippen LogP contribution in [0, 0.1) is 0 Å². The van der Waals surface area contributed by atoms with Crippen LogP contribution >= 0.6 is 0 Å². The summed E-state index contributed by atoms with van der Waals surface area (Å²) in [5.41, 5.74) is 2.91. The van der Waals surface area contributed by atoms with Gasteiger partial charge in [-0.25, -0.2) is 4.79 Å². The highest BCUT2D eigenvalue weighted by Gasteiger charge is 2.45. The molecule has 2 atom stereocenters. The lowest BCUT2D eigenvalue weighted by atomic mass is 9.81. The van der Waals surface area contributed by atoms with E-state index in [0.29, 0.717) is 12.6 Å². The summed E-state index contributed by atoms with van der Waals surface area (Å²) in [6.45, 7) is 9.90. The van der Waals surface area contributed by atoms with Crippen LogP contribution in [0.25, 0.3) is 0 Å². The quantitative estimate of drug-likeness (QED) is 0.672. The van der Waals surface area contributed by atoms with Crippen molar-refractivity contribution in [3.05, 3.63) is 42.0 Å². The van der Waals surface area contributed by atoms with E-state index in [1.165, 1.54) is 22.2 Å². The Kier molecular flexibility index (Phi) is 4.29. The van der Waals surface area contributed by atoms with Crippen molar-refractivity contribution in [2.24, 2.45) is 0 Å². The van der Waals surface area contributed by atoms with E-state index in [9.17, 15) is 4.79 Å². The molecule has 0 radical (unpaired) electrons. The van der Waals surface area contributed by atoms with Gasteiger partial charge < -0.3 is 4.74 Å². The Hall–Kier alpha value is -1.61. The Balaban J connectivity index is 2.15. The SMILES string of the molecule is CCOC(=O)C=CC[NH+]1c2ccccc2C(C)(C)C1C. The highest BCUT2D eigenvalue weighted by molar-refractivity contribution is 5.81. The second kappa shape index (κ2) is 5.80. The number of para-hydroxylation sites is 1. The molecule has 0 saturated heterocycles. The third-order valence-electron chi connectivity index (χ3n) is 4.45. The number of carbonyl (C=O) groups is 1. The Morgan fingerprint density at radius 3 is 2.80 bits per heavy atom. The number of quaternary nitrogens is 1. The number of nitrogens with one attached hydrogen (secondary N) is 1. The molecule has 1 aliphatic heterocycles. The minimum absolute atomic E-state index is 0.156. The fourth-order valence-corrected chi connectivity index (χ4v) is 2.99. The number of ether oxygens (including phenoxy) is 1. The average molecular weight is 274 g/mol. The van der Waals surface area contributed by atoms with E-state index in [0.717, 1.165) is 6.54 Å². The third kappa shape index (κ3) is 2.63. The van der Waals surface area contributed by atoms with Gasteiger partial charge in [0.25, 0.3) is 0 Å². The van der Waals surface area contributed by atoms with Crippen LogP contribution in [0.5, 0.6) is 0 Å². The van der Waals surface area contributed by atoms with Gasteiger partial charge in [0.05, 0.1) is 12.6 Å². The molecule has 3 heteroatoms. The summed E-state index contributed by atoms with van der Waals surface area (Å²) in [4.78, 5) is 12.8. The van der Waals surface area contributed by atoms with Crippen molar-refractivity contribution in [2.75, 3.05) is 13.2 Å². The minimum Gasteiger partial charge on any atom is -0.463 e. The van der Waals surface area contributed by atoms with Crippen LogP contribution in [0.3, 0.4) is 0 Å². The van der Waals surface area contributed by atoms with E-state index < -0.39 is 0 Å². The maximum absolute atomic E-state index is 11.4. The molecule has 20 heavy (non-hydrogen) atoms. The number of esters is 1. The van der Waals surface area contributed by atoms with Gasteiger partial charge in [0.2, 0.25) is 0 Å². The highest BCUT2D eigenvalue weighted by Crippen LogP contribution is 2.35. The number of rotatable bonds is 4. The van der Waals surface area contributed by atoms with E-state index >= 15 is 0 Å². The molecule has 3 nitrogen and oxygen atoms in total. The molecule has 108 valence electrons. The Morgan fingerprint density at radius 1 is 1.40 bits per heavy atom. The van der Waals surface area contributed by atoms with Gasteiger partial charge in [-0.05, 0) is 39.8 Å². The van der Waals surface area contributed by atoms with Crippen molar-refractivity contribution >= 4 is 11.7 Å². The predicted molar refractivity (Wildman–Crippen MR) is 80.2 cm³/mol. The van der Waals surface area contributed by atoms with Gasteiger partial charge >= 0.3 is 5.97 Å². The summed E-state index contributed by atoms with van der Waals surface area (Å²) in [7, 11) is 0. The Bertz CT molecular complexity index is 519. The first-order valence-electron chi connectivity index (χ1n) is 7.27. The summed E-state index contributed by atoms with van der Waals surface area (Å²) in [6, 6.07) is 9.07. The molecule has 0 aromatic heterocycles. The number of hydrogen-bond acceptors (Lipinski definition) is 2. The number of fused-ring (bicyclic) bond motifs is 1. The van der Waals surface area contributed by atoms with Gasteiger partial charge in [-0.1, -0.05) is 18.2 Å². The first-order chi connectivity index (χ1) is 9.48. The van der Waals surface area contributed by atoms with Crippen LogP contribution in [0.15, 0.2) is 36.4 Å². The smallest absolute Gasteiger partial charge is 0.330 e. The lowest BCUT2D eigenvalue weighted by molar-refractivity contribution is -0.849. The molecule has 2 unspecified atom stereocenters. The maximum Gasteiger partial charge on any atom is 0.330 e. The second-order valence-electron chi connectivity index (χ2n) is 5.87. The van der Waals surface area contributed by atoms with Crippen LogP contribution < -0.4 is 4.90 Å². The van der Waals surface area contributed by atoms with E-state index in [-0.39, 0.29) is 11.4 Å². The zero-order valence-corrected chi connectivity index (χ0v) is 12.8. The normalized spacial score (nSPS) is 23.8. The maximum atomic E-state index is 11.4. The monoisotopic (exact) mass is 274 g/mol. The largest absolute Gasteiger partial charge is 0.463 e. The van der Waals surface area contributed by atoms with Crippen LogP contribution in [0.1, 0.15) is 33.3 Å². The topological polar surface area (TPSA) is 30.7 Å². The Morgan fingerprint density at radius 2 is 2.10 bits per heavy atom. The first kappa shape index (κ1) is 14.8. The second-order valence-corrected chi connectivity index (χ2v) is 5.87. The molecular formula is C17H24NO2+. The van der Waals surface area contributed by atoms with E-state index in [2.05, 4.69) is 45.0 Å². The molecule has 0 bridgehead atoms. The van der Waals surface area contributed by atoms with Crippen LogP contribution in [0.4, 0.5) is 5.69 Å². The van der Waals surface area contributed by atoms with Crippen LogP contribution in [-0.4, -0.2) is 25.2 Å². The van der Waals surface area contributed by atoms with Crippen molar-refractivity contribution in [2.45, 2.75) is 39.2 Å². The fourth-order valence-electron chi connectivity index (χ4n) is 2.99. The number of benzene rings is 1. The molecule has 0 fully saturated rings. The predicted octanol–water partition coefficient (Wildman–Crippen LogP) is 2.00. The summed E-state index contributed by atoms with van der Waals surface area (Å²) in [5.74, 6) is -0.258. The molecule has 1 heterocycles. The van der Waals surface area contributed by atoms with E-state index in [4.69, 9.17) is 4.74 Å². The zero-order chi connectivity index (χ0) is 14.8. The first-order valence-corrected chi connectivity index (χ1v) is 7.27. The minimum atomic E-state index is -0.258. The molecule has 0 aliphatic carbocycles. The lowest BCUT2D eigenvalue weighted by Crippen LogP contribution is -3.10. The summed E-state index contributed by atoms with van der Waals surface area (Å²) in [6.07, 6.45) is 3.46. The highest BCUT2D eigenvalue weighted by atomic mass is 16.5. The lowest BCUT2D eigenvalue weighted by Gasteiger charge is -2.25. The van der Waals surface area contributed by atoms with Crippen molar-refractivity contribution in [1.82, 2.24) is 0 Å². The molecule has 1 aliphatic rings. The zero-order valence-electron chi connectivity index (χ0n) is 12.8. The van der Waals surface area contributed by atoms with Gasteiger partial charge in [-0.15, -0.1) is 0 Å². The van der Waals surface area contributed by atoms with Gasteiger partial charge in [0.1, 0.15) is 12.2 Å². The van der Waals surface area contributed by atoms with Crippen molar-refractivity contribution in [1.29, 1.82) is 0 Å². The van der Waals surface area contributed by atoms with Gasteiger partial charge in [0.15, 0.2) is 0 Å². The molecule has 0 amide bonds. The fraction of sp³-hybridized carbons (Fsp3) is 0.471. The van der Waals surface area contributed by atoms with Crippen molar-refractivity contribution < 1.29 is 14.4 Å². The third-order valence-corrected chi connectivity index (χ3v) is 4.45. The molecule has 0 saturated carbocycles. The number of carbonyl (C=O) groups excluding carboxylic acids is 1. The standard InChI is InChI=1S/C17H23NO2/c1-5-20-16(19)11-8-12-18-13(2)17(3,4)14-9-6-7-10-15(14)18/h6-11,13H,5,12H2,1-4H3/p+1. The van der Waals surface area contributed by atoms with E-state index in [1.807, 2.05) is 13.0 Å². The van der Waals surface area contributed by atoms with Crippen LogP contribution in [0.2, 0.25) is 0 Å². The average Bonchev–Trinajstić information content (AvgIpc) is 2.61. The van der Waals surface area contributed by atoms with E-state index in [1.54, 1.807) is 0 Å². The van der Waals surface area contributed by atoms with Gasteiger partial charge in [0, 0.05) is 17.1 Å². The molecule has 1 N–H and O–H groups in total. The molecule has 1 aromatic rings. The molecular weight excluding hydrogens is 250 g/mol. The van der Waals surface area contributed by atoms with Gasteiger partial charge in [-0.3, -0.25) is 4.90 Å².